The van der Waals surface area contributed by atoms with Gasteiger partial charge < -0.3 is 53.1 Å². The lowest BCUT2D eigenvalue weighted by Gasteiger charge is -2.26. The predicted molar refractivity (Wildman–Crippen MR) is 185 cm³/mol. The highest BCUT2D eigenvalue weighted by molar-refractivity contribution is 7.71. The van der Waals surface area contributed by atoms with Crippen LogP contribution in [0.4, 0.5) is 0 Å². The zero-order valence-corrected chi connectivity index (χ0v) is 28.6. The molecular weight excluding hydrogens is 624 g/mol. The van der Waals surface area contributed by atoms with Crippen LogP contribution in [-0.4, -0.2) is 88.6 Å². The van der Waals surface area contributed by atoms with Crippen LogP contribution in [0.15, 0.2) is 41.5 Å². The van der Waals surface area contributed by atoms with Crippen molar-refractivity contribution in [1.82, 2.24) is 30.8 Å². The molecule has 2 aromatic rings. The second kappa shape index (κ2) is 22.3. The maximum atomic E-state index is 13.7. The molecule has 0 spiro atoms. The number of carbonyl (C=O) groups excluding carboxylic acids is 3. The highest BCUT2D eigenvalue weighted by atomic mass is 32.1. The number of imidazole rings is 1. The molecular formula is C31H52N10O5S. The number of nitrogens with zero attached hydrogens (tertiary/aromatic N) is 2. The van der Waals surface area contributed by atoms with Crippen molar-refractivity contribution in [2.24, 2.45) is 29.2 Å². The Balaban J connectivity index is 0.00000541. The molecule has 0 aliphatic rings. The lowest BCUT2D eigenvalue weighted by Crippen LogP contribution is -2.58. The number of amides is 3. The van der Waals surface area contributed by atoms with Gasteiger partial charge in [-0.1, -0.05) is 44.2 Å². The van der Waals surface area contributed by atoms with Crippen molar-refractivity contribution in [2.75, 3.05) is 20.1 Å². The van der Waals surface area contributed by atoms with Crippen LogP contribution in [-0.2, 0) is 39.1 Å². The fraction of sp³-hybridized carbons (Fsp3) is 0.548. The standard InChI is InChI=1S/C29H46N10O5S.C2H6/c1-33-20(12-8-14-34-28(31)32)24(40)37-22(16-19-17-35-29(45)39(19)2)26(42)36-21(11-6-7-13-30)25(41)38-23(27(43)44)15-18-9-4-3-5-10-18;1-2/h3-5,9-10,17,20-23,33H,6-8,11-16,30H2,1-2H3,(H,35,45)(H,36,42)(H,37,40)(H,38,41)(H,43,44)(H4,31,32,34);1-2H3. The van der Waals surface area contributed by atoms with E-state index in [4.69, 9.17) is 29.4 Å². The number of aliphatic carboxylic acids is 1. The van der Waals surface area contributed by atoms with Gasteiger partial charge in [-0.3, -0.25) is 19.4 Å². The van der Waals surface area contributed by atoms with Gasteiger partial charge >= 0.3 is 5.97 Å². The van der Waals surface area contributed by atoms with Crippen molar-refractivity contribution in [3.8, 4) is 0 Å². The van der Waals surface area contributed by atoms with Gasteiger partial charge in [-0.05, 0) is 63.5 Å². The van der Waals surface area contributed by atoms with E-state index >= 15 is 0 Å². The molecule has 1 aromatic carbocycles. The summed E-state index contributed by atoms with van der Waals surface area (Å²) in [5, 5.41) is 20.9. The molecule has 0 aliphatic carbocycles. The summed E-state index contributed by atoms with van der Waals surface area (Å²) in [6.07, 6.45) is 3.99. The molecule has 2 rings (SSSR count). The normalized spacial score (nSPS) is 13.1. The zero-order chi connectivity index (χ0) is 35.4. The number of guanidine groups is 1. The molecule has 15 nitrogen and oxygen atoms in total. The molecule has 4 atom stereocenters. The Labute approximate surface area is 281 Å². The zero-order valence-electron chi connectivity index (χ0n) is 27.8. The molecule has 0 saturated carbocycles. The summed E-state index contributed by atoms with van der Waals surface area (Å²) in [5.41, 5.74) is 17.8. The molecule has 1 heterocycles. The number of carbonyl (C=O) groups is 4. The number of hydrogen-bond donors (Lipinski definition) is 9. The van der Waals surface area contributed by atoms with Crippen molar-refractivity contribution in [1.29, 1.82) is 0 Å². The van der Waals surface area contributed by atoms with E-state index < -0.39 is 47.9 Å². The molecule has 262 valence electrons. The minimum atomic E-state index is -1.22. The van der Waals surface area contributed by atoms with Gasteiger partial charge in [0.2, 0.25) is 17.7 Å². The number of aromatic nitrogens is 2. The number of carboxylic acids is 1. The molecule has 4 unspecified atom stereocenters. The predicted octanol–water partition coefficient (Wildman–Crippen LogP) is 0.204. The Hall–Kier alpha value is -4.28. The number of carboxylic acid groups (broad SMARTS) is 1. The second-order valence-electron chi connectivity index (χ2n) is 10.6. The van der Waals surface area contributed by atoms with Crippen LogP contribution in [0, 0.1) is 4.77 Å². The lowest BCUT2D eigenvalue weighted by atomic mass is 10.0. The number of hydrogen-bond acceptors (Lipinski definition) is 8. The number of H-pyrrole nitrogens is 1. The molecule has 0 radical (unpaired) electrons. The quantitative estimate of drug-likeness (QED) is 0.0399. The highest BCUT2D eigenvalue weighted by Gasteiger charge is 2.31. The number of nitrogens with one attached hydrogen (secondary N) is 5. The summed E-state index contributed by atoms with van der Waals surface area (Å²) in [6, 6.07) is 4.87. The summed E-state index contributed by atoms with van der Waals surface area (Å²) in [6.45, 7) is 4.72. The van der Waals surface area contributed by atoms with Gasteiger partial charge in [-0.2, -0.15) is 0 Å². The van der Waals surface area contributed by atoms with Gasteiger partial charge in [0.05, 0.1) is 6.04 Å². The molecule has 0 fully saturated rings. The van der Waals surface area contributed by atoms with Gasteiger partial charge in [-0.25, -0.2) is 4.79 Å². The Bertz CT molecular complexity index is 1340. The third-order valence-electron chi connectivity index (χ3n) is 7.23. The van der Waals surface area contributed by atoms with Crippen LogP contribution in [0.25, 0.3) is 0 Å². The van der Waals surface area contributed by atoms with Gasteiger partial charge in [0.1, 0.15) is 18.1 Å². The number of rotatable bonds is 20. The minimum Gasteiger partial charge on any atom is -0.480 e. The fourth-order valence-electron chi connectivity index (χ4n) is 4.62. The monoisotopic (exact) mass is 676 g/mol. The first-order chi connectivity index (χ1) is 22.5. The largest absolute Gasteiger partial charge is 0.480 e. The van der Waals surface area contributed by atoms with Crippen molar-refractivity contribution in [3.05, 3.63) is 52.6 Å². The van der Waals surface area contributed by atoms with Crippen molar-refractivity contribution in [2.45, 2.75) is 83.0 Å². The SMILES string of the molecule is CC.CNC(CCCN=C(N)N)C(=O)NC(Cc1c[nH]c(=S)n1C)C(=O)NC(CCCCN)C(=O)NC(Cc1ccccc1)C(=O)O. The van der Waals surface area contributed by atoms with Crippen LogP contribution >= 0.6 is 12.2 Å². The maximum absolute atomic E-state index is 13.7. The number of aliphatic imine (C=N–C) groups is 1. The van der Waals surface area contributed by atoms with Crippen LogP contribution in [0.2, 0.25) is 0 Å². The molecule has 3 amide bonds. The molecule has 0 bridgehead atoms. The number of nitrogens with two attached hydrogens (primary N) is 3. The van der Waals surface area contributed by atoms with Crippen molar-refractivity contribution < 1.29 is 24.3 Å². The minimum absolute atomic E-state index is 0.0440. The Morgan fingerprint density at radius 2 is 1.47 bits per heavy atom. The lowest BCUT2D eigenvalue weighted by molar-refractivity contribution is -0.142. The average molecular weight is 677 g/mol. The van der Waals surface area contributed by atoms with Gasteiger partial charge in [-0.15, -0.1) is 0 Å². The van der Waals surface area contributed by atoms with E-state index in [9.17, 15) is 24.3 Å². The summed E-state index contributed by atoms with van der Waals surface area (Å²) >= 11 is 5.26. The Morgan fingerprint density at radius 1 is 0.894 bits per heavy atom. The number of benzene rings is 1. The first-order valence-electron chi connectivity index (χ1n) is 15.8. The Morgan fingerprint density at radius 3 is 2.02 bits per heavy atom. The number of aromatic amines is 1. The van der Waals surface area contributed by atoms with E-state index in [1.54, 1.807) is 49.1 Å². The average Bonchev–Trinajstić information content (AvgIpc) is 3.37. The van der Waals surface area contributed by atoms with Crippen molar-refractivity contribution >= 4 is 41.9 Å². The molecule has 0 aliphatic heterocycles. The number of likely N-dealkylation sites (N-methyl/N-ethyl adjacent to an activating group) is 1. The molecule has 12 N–H and O–H groups in total. The summed E-state index contributed by atoms with van der Waals surface area (Å²) in [5.74, 6) is -2.95. The van der Waals surface area contributed by atoms with E-state index in [2.05, 4.69) is 31.2 Å². The second-order valence-corrected chi connectivity index (χ2v) is 11.0. The topological polar surface area (TPSA) is 248 Å². The highest BCUT2D eigenvalue weighted by Crippen LogP contribution is 2.09. The molecule has 0 saturated heterocycles. The smallest absolute Gasteiger partial charge is 0.326 e. The molecule has 47 heavy (non-hydrogen) atoms. The molecule has 1 aromatic heterocycles. The van der Waals surface area contributed by atoms with E-state index in [1.807, 2.05) is 19.9 Å². The van der Waals surface area contributed by atoms with E-state index in [-0.39, 0.29) is 25.2 Å². The van der Waals surface area contributed by atoms with E-state index in [0.29, 0.717) is 49.2 Å². The first-order valence-corrected chi connectivity index (χ1v) is 16.2. The summed E-state index contributed by atoms with van der Waals surface area (Å²) < 4.78 is 2.11. The number of unbranched alkanes of at least 4 members (excludes halogenated alkanes) is 1. The van der Waals surface area contributed by atoms with Crippen LogP contribution in [0.3, 0.4) is 0 Å². The van der Waals surface area contributed by atoms with Gasteiger partial charge in [0.15, 0.2) is 10.7 Å². The summed E-state index contributed by atoms with van der Waals surface area (Å²) in [4.78, 5) is 59.3. The Kier molecular flexibility index (Phi) is 19.3. The van der Waals surface area contributed by atoms with Crippen molar-refractivity contribution in [3.63, 3.8) is 0 Å². The van der Waals surface area contributed by atoms with E-state index in [1.165, 1.54) is 0 Å². The first kappa shape index (κ1) is 40.7. The van der Waals surface area contributed by atoms with E-state index in [0.717, 1.165) is 5.56 Å². The maximum Gasteiger partial charge on any atom is 0.326 e. The van der Waals surface area contributed by atoms with Crippen LogP contribution < -0.4 is 38.5 Å². The third kappa shape index (κ3) is 14.8. The summed E-state index contributed by atoms with van der Waals surface area (Å²) in [7, 11) is 3.36. The van der Waals surface area contributed by atoms with Crippen LogP contribution in [0.1, 0.15) is 57.2 Å². The molecule has 16 heteroatoms. The van der Waals surface area contributed by atoms with Gasteiger partial charge in [0, 0.05) is 38.3 Å². The van der Waals surface area contributed by atoms with Gasteiger partial charge in [0.25, 0.3) is 0 Å². The fourth-order valence-corrected chi connectivity index (χ4v) is 4.80. The van der Waals surface area contributed by atoms with Crippen LogP contribution in [0.5, 0.6) is 0 Å². The third-order valence-corrected chi connectivity index (χ3v) is 7.62.